The van der Waals surface area contributed by atoms with E-state index in [1.807, 2.05) is 26.8 Å². The van der Waals surface area contributed by atoms with Crippen molar-refractivity contribution in [1.82, 2.24) is 10.6 Å². The second-order valence-corrected chi connectivity index (χ2v) is 5.59. The van der Waals surface area contributed by atoms with E-state index in [1.54, 1.807) is 12.1 Å². The summed E-state index contributed by atoms with van der Waals surface area (Å²) in [5, 5.41) is 9.09. The van der Waals surface area contributed by atoms with Crippen LogP contribution < -0.4 is 16.0 Å². The highest BCUT2D eigenvalue weighted by atomic mass is 35.5. The zero-order valence-electron chi connectivity index (χ0n) is 12.6. The van der Waals surface area contributed by atoms with Crippen molar-refractivity contribution in [3.63, 3.8) is 0 Å². The standard InChI is InChI=1S/C15H22ClN3O2/c1-10(2)18-14(20)6-7-17-9-15(21)19-13-8-12(16)5-4-11(13)3/h4-5,8,10,17H,6-7,9H2,1-3H3,(H,18,20)(H,19,21). The average molecular weight is 312 g/mol. The number of carbonyl (C=O) groups is 2. The average Bonchev–Trinajstić information content (AvgIpc) is 2.38. The number of aryl methyl sites for hydroxylation is 1. The molecule has 0 saturated carbocycles. The number of benzene rings is 1. The van der Waals surface area contributed by atoms with Crippen LogP contribution >= 0.6 is 11.6 Å². The molecule has 1 aromatic carbocycles. The Balaban J connectivity index is 2.28. The first kappa shape index (κ1) is 17.5. The molecule has 0 aromatic heterocycles. The zero-order chi connectivity index (χ0) is 15.8. The molecule has 0 spiro atoms. The third kappa shape index (κ3) is 7.11. The Morgan fingerprint density at radius 2 is 1.95 bits per heavy atom. The van der Waals surface area contributed by atoms with Gasteiger partial charge in [0.2, 0.25) is 11.8 Å². The van der Waals surface area contributed by atoms with Gasteiger partial charge in [0.1, 0.15) is 0 Å². The molecule has 3 N–H and O–H groups in total. The Labute approximate surface area is 130 Å². The summed E-state index contributed by atoms with van der Waals surface area (Å²) in [5.41, 5.74) is 1.65. The Kier molecular flexibility index (Phi) is 7.19. The molecule has 6 heteroatoms. The van der Waals surface area contributed by atoms with E-state index < -0.39 is 0 Å². The van der Waals surface area contributed by atoms with Crippen molar-refractivity contribution >= 4 is 29.1 Å². The summed E-state index contributed by atoms with van der Waals surface area (Å²) in [6.45, 7) is 6.33. The third-order valence-electron chi connectivity index (χ3n) is 2.74. The number of hydrogen-bond donors (Lipinski definition) is 3. The minimum Gasteiger partial charge on any atom is -0.354 e. The van der Waals surface area contributed by atoms with Crippen LogP contribution in [0, 0.1) is 6.92 Å². The summed E-state index contributed by atoms with van der Waals surface area (Å²) >= 11 is 5.89. The molecule has 21 heavy (non-hydrogen) atoms. The summed E-state index contributed by atoms with van der Waals surface area (Å²) in [5.74, 6) is -0.187. The number of amides is 2. The van der Waals surface area contributed by atoms with Crippen molar-refractivity contribution in [3.8, 4) is 0 Å². The van der Waals surface area contributed by atoms with Gasteiger partial charge in [-0.25, -0.2) is 0 Å². The van der Waals surface area contributed by atoms with Crippen LogP contribution in [0.1, 0.15) is 25.8 Å². The molecule has 116 valence electrons. The molecule has 0 aliphatic heterocycles. The smallest absolute Gasteiger partial charge is 0.238 e. The van der Waals surface area contributed by atoms with Crippen LogP contribution in [-0.4, -0.2) is 30.9 Å². The fourth-order valence-corrected chi connectivity index (χ4v) is 1.89. The first-order chi connectivity index (χ1) is 9.88. The zero-order valence-corrected chi connectivity index (χ0v) is 13.4. The fraction of sp³-hybridized carbons (Fsp3) is 0.467. The molecule has 1 aromatic rings. The van der Waals surface area contributed by atoms with Crippen molar-refractivity contribution in [2.24, 2.45) is 0 Å². The molecule has 2 amide bonds. The first-order valence-corrected chi connectivity index (χ1v) is 7.32. The van der Waals surface area contributed by atoms with Crippen molar-refractivity contribution in [1.29, 1.82) is 0 Å². The van der Waals surface area contributed by atoms with E-state index in [2.05, 4.69) is 16.0 Å². The van der Waals surface area contributed by atoms with E-state index in [1.165, 1.54) is 0 Å². The number of halogens is 1. The molecule has 0 heterocycles. The van der Waals surface area contributed by atoms with Gasteiger partial charge in [-0.15, -0.1) is 0 Å². The highest BCUT2D eigenvalue weighted by Crippen LogP contribution is 2.19. The van der Waals surface area contributed by atoms with Crippen LogP contribution in [0.15, 0.2) is 18.2 Å². The van der Waals surface area contributed by atoms with Gasteiger partial charge in [0.15, 0.2) is 0 Å². The summed E-state index contributed by atoms with van der Waals surface area (Å²) in [6, 6.07) is 5.47. The quantitative estimate of drug-likeness (QED) is 0.675. The van der Waals surface area contributed by atoms with Crippen LogP contribution in [0.4, 0.5) is 5.69 Å². The minimum absolute atomic E-state index is 0.0245. The molecule has 0 unspecified atom stereocenters. The molecule has 0 aliphatic carbocycles. The second kappa shape index (κ2) is 8.64. The van der Waals surface area contributed by atoms with Crippen LogP contribution in [-0.2, 0) is 9.59 Å². The predicted octanol–water partition coefficient (Wildman–Crippen LogP) is 2.09. The second-order valence-electron chi connectivity index (χ2n) is 5.16. The number of anilines is 1. The molecule has 5 nitrogen and oxygen atoms in total. The van der Waals surface area contributed by atoms with Gasteiger partial charge >= 0.3 is 0 Å². The maximum atomic E-state index is 11.8. The van der Waals surface area contributed by atoms with Crippen LogP contribution in [0.3, 0.4) is 0 Å². The van der Waals surface area contributed by atoms with Crippen molar-refractivity contribution in [3.05, 3.63) is 28.8 Å². The normalized spacial score (nSPS) is 10.5. The highest BCUT2D eigenvalue weighted by Gasteiger charge is 2.06. The Morgan fingerprint density at radius 1 is 1.24 bits per heavy atom. The highest BCUT2D eigenvalue weighted by molar-refractivity contribution is 6.31. The Bertz CT molecular complexity index is 504. The van der Waals surface area contributed by atoms with E-state index >= 15 is 0 Å². The van der Waals surface area contributed by atoms with E-state index in [0.29, 0.717) is 23.7 Å². The van der Waals surface area contributed by atoms with Crippen LogP contribution in [0.5, 0.6) is 0 Å². The molecule has 0 saturated heterocycles. The largest absolute Gasteiger partial charge is 0.354 e. The van der Waals surface area contributed by atoms with Gasteiger partial charge < -0.3 is 16.0 Å². The van der Waals surface area contributed by atoms with E-state index in [0.717, 1.165) is 5.56 Å². The molecule has 1 rings (SSSR count). The molecule has 0 bridgehead atoms. The maximum absolute atomic E-state index is 11.8. The lowest BCUT2D eigenvalue weighted by molar-refractivity contribution is -0.121. The fourth-order valence-electron chi connectivity index (χ4n) is 1.72. The van der Waals surface area contributed by atoms with Gasteiger partial charge in [0, 0.05) is 29.7 Å². The maximum Gasteiger partial charge on any atom is 0.238 e. The molecule has 0 aliphatic rings. The molecule has 0 fully saturated rings. The summed E-state index contributed by atoms with van der Waals surface area (Å²) < 4.78 is 0. The monoisotopic (exact) mass is 311 g/mol. The van der Waals surface area contributed by atoms with Gasteiger partial charge in [-0.2, -0.15) is 0 Å². The van der Waals surface area contributed by atoms with Gasteiger partial charge in [-0.05, 0) is 38.5 Å². The lowest BCUT2D eigenvalue weighted by atomic mass is 10.2. The Hall–Kier alpha value is -1.59. The first-order valence-electron chi connectivity index (χ1n) is 6.94. The lowest BCUT2D eigenvalue weighted by Crippen LogP contribution is -2.34. The summed E-state index contributed by atoms with van der Waals surface area (Å²) in [6.07, 6.45) is 0.349. The van der Waals surface area contributed by atoms with E-state index in [9.17, 15) is 9.59 Å². The lowest BCUT2D eigenvalue weighted by Gasteiger charge is -2.10. The van der Waals surface area contributed by atoms with Gasteiger partial charge in [-0.1, -0.05) is 17.7 Å². The molecule has 0 radical (unpaired) electrons. The van der Waals surface area contributed by atoms with Gasteiger partial charge in [0.05, 0.1) is 6.54 Å². The van der Waals surface area contributed by atoms with Crippen molar-refractivity contribution in [2.75, 3.05) is 18.4 Å². The molecular formula is C15H22ClN3O2. The number of nitrogens with one attached hydrogen (secondary N) is 3. The van der Waals surface area contributed by atoms with Gasteiger partial charge in [-0.3, -0.25) is 9.59 Å². The minimum atomic E-state index is -0.162. The summed E-state index contributed by atoms with van der Waals surface area (Å²) in [4.78, 5) is 23.2. The van der Waals surface area contributed by atoms with E-state index in [-0.39, 0.29) is 24.4 Å². The SMILES string of the molecule is Cc1ccc(Cl)cc1NC(=O)CNCCC(=O)NC(C)C. The summed E-state index contributed by atoms with van der Waals surface area (Å²) in [7, 11) is 0. The van der Waals surface area contributed by atoms with Crippen molar-refractivity contribution < 1.29 is 9.59 Å². The number of rotatable bonds is 7. The third-order valence-corrected chi connectivity index (χ3v) is 2.97. The van der Waals surface area contributed by atoms with Crippen LogP contribution in [0.25, 0.3) is 0 Å². The molecule has 0 atom stereocenters. The molecular weight excluding hydrogens is 290 g/mol. The predicted molar refractivity (Wildman–Crippen MR) is 85.6 cm³/mol. The van der Waals surface area contributed by atoms with Crippen molar-refractivity contribution in [2.45, 2.75) is 33.2 Å². The number of carbonyl (C=O) groups excluding carboxylic acids is 2. The van der Waals surface area contributed by atoms with E-state index in [4.69, 9.17) is 11.6 Å². The van der Waals surface area contributed by atoms with Crippen LogP contribution in [0.2, 0.25) is 5.02 Å². The topological polar surface area (TPSA) is 70.2 Å². The Morgan fingerprint density at radius 3 is 2.62 bits per heavy atom. The number of hydrogen-bond acceptors (Lipinski definition) is 3. The van der Waals surface area contributed by atoms with Gasteiger partial charge in [0.25, 0.3) is 0 Å².